The molecule has 16 heavy (non-hydrogen) atoms. The van der Waals surface area contributed by atoms with E-state index in [0.717, 1.165) is 21.1 Å². The molecule has 0 N–H and O–H groups in total. The molecule has 86 valence electrons. The number of hydrogen-bond donors (Lipinski definition) is 0. The van der Waals surface area contributed by atoms with Gasteiger partial charge in [0.1, 0.15) is 0 Å². The molecule has 2 bridgehead atoms. The Bertz CT molecular complexity index is 417. The van der Waals surface area contributed by atoms with E-state index in [-0.39, 0.29) is 5.78 Å². The molecule has 1 saturated carbocycles. The zero-order valence-corrected chi connectivity index (χ0v) is 11.4. The lowest BCUT2D eigenvalue weighted by atomic mass is 10.1. The van der Waals surface area contributed by atoms with Crippen molar-refractivity contribution in [3.8, 4) is 0 Å². The average Bonchev–Trinajstić information content (AvgIpc) is 2.92. The second-order valence-electron chi connectivity index (χ2n) is 4.79. The molecule has 1 aliphatic carbocycles. The normalized spacial score (nSPS) is 28.8. The van der Waals surface area contributed by atoms with Crippen molar-refractivity contribution < 1.29 is 4.79 Å². The predicted molar refractivity (Wildman–Crippen MR) is 69.1 cm³/mol. The number of carbonyl (C=O) groups excluding carboxylic acids is 1. The molecule has 0 amide bonds. The number of fused-ring (bicyclic) bond motifs is 2. The van der Waals surface area contributed by atoms with Crippen molar-refractivity contribution in [1.82, 2.24) is 4.90 Å². The summed E-state index contributed by atoms with van der Waals surface area (Å²) in [5.41, 5.74) is 0. The van der Waals surface area contributed by atoms with E-state index < -0.39 is 0 Å². The quantitative estimate of drug-likeness (QED) is 0.799. The second-order valence-corrected chi connectivity index (χ2v) is 7.25. The third-order valence-corrected chi connectivity index (χ3v) is 5.38. The average molecular weight is 300 g/mol. The molecule has 0 spiro atoms. The standard InChI is InChI=1S/C12H14BrNOS/c13-12-4-3-11(16-12)10(15)7-14-6-8-1-2-9(14)5-8/h3-4,8-9H,1-2,5-7H2. The topological polar surface area (TPSA) is 20.3 Å². The van der Waals surface area contributed by atoms with Crippen LogP contribution in [0, 0.1) is 5.92 Å². The Balaban J connectivity index is 1.65. The van der Waals surface area contributed by atoms with Gasteiger partial charge in [-0.2, -0.15) is 0 Å². The summed E-state index contributed by atoms with van der Waals surface area (Å²) >= 11 is 4.94. The van der Waals surface area contributed by atoms with Crippen LogP contribution >= 0.6 is 27.3 Å². The van der Waals surface area contributed by atoms with Gasteiger partial charge in [-0.3, -0.25) is 9.69 Å². The van der Waals surface area contributed by atoms with Gasteiger partial charge in [0.15, 0.2) is 5.78 Å². The summed E-state index contributed by atoms with van der Waals surface area (Å²) in [6.45, 7) is 1.76. The SMILES string of the molecule is O=C(CN1CC2CCC1C2)c1ccc(Br)s1. The Hall–Kier alpha value is -0.190. The summed E-state index contributed by atoms with van der Waals surface area (Å²) in [6, 6.07) is 4.57. The van der Waals surface area contributed by atoms with E-state index in [2.05, 4.69) is 20.8 Å². The van der Waals surface area contributed by atoms with Crippen LogP contribution < -0.4 is 0 Å². The predicted octanol–water partition coefficient (Wildman–Crippen LogP) is 3.18. The fraction of sp³-hybridized carbons (Fsp3) is 0.583. The molecule has 0 radical (unpaired) electrons. The van der Waals surface area contributed by atoms with Crippen LogP contribution in [0.2, 0.25) is 0 Å². The van der Waals surface area contributed by atoms with E-state index in [9.17, 15) is 4.79 Å². The van der Waals surface area contributed by atoms with Crippen molar-refractivity contribution in [2.24, 2.45) is 5.92 Å². The van der Waals surface area contributed by atoms with Crippen LogP contribution in [0.15, 0.2) is 15.9 Å². The minimum absolute atomic E-state index is 0.281. The van der Waals surface area contributed by atoms with Gasteiger partial charge < -0.3 is 0 Å². The fourth-order valence-electron chi connectivity index (χ4n) is 2.95. The number of rotatable bonds is 3. The summed E-state index contributed by atoms with van der Waals surface area (Å²) < 4.78 is 1.04. The summed E-state index contributed by atoms with van der Waals surface area (Å²) in [5, 5.41) is 0. The first-order valence-corrected chi connectivity index (χ1v) is 7.36. The summed E-state index contributed by atoms with van der Waals surface area (Å²) in [5.74, 6) is 1.15. The lowest BCUT2D eigenvalue weighted by molar-refractivity contribution is 0.0909. The summed E-state index contributed by atoms with van der Waals surface area (Å²) in [4.78, 5) is 15.3. The number of halogens is 1. The van der Waals surface area contributed by atoms with Crippen molar-refractivity contribution in [2.45, 2.75) is 25.3 Å². The highest BCUT2D eigenvalue weighted by atomic mass is 79.9. The lowest BCUT2D eigenvalue weighted by Crippen LogP contribution is -2.36. The van der Waals surface area contributed by atoms with Crippen LogP contribution in [0.5, 0.6) is 0 Å². The molecular weight excluding hydrogens is 286 g/mol. The van der Waals surface area contributed by atoms with Gasteiger partial charge >= 0.3 is 0 Å². The maximum atomic E-state index is 12.0. The van der Waals surface area contributed by atoms with Gasteiger partial charge in [0, 0.05) is 12.6 Å². The minimum Gasteiger partial charge on any atom is -0.293 e. The van der Waals surface area contributed by atoms with Crippen LogP contribution in [0.25, 0.3) is 0 Å². The first-order chi connectivity index (χ1) is 7.72. The van der Waals surface area contributed by atoms with Crippen molar-refractivity contribution in [1.29, 1.82) is 0 Å². The number of nitrogens with zero attached hydrogens (tertiary/aromatic N) is 1. The number of likely N-dealkylation sites (tertiary alicyclic amines) is 1. The monoisotopic (exact) mass is 299 g/mol. The van der Waals surface area contributed by atoms with Crippen molar-refractivity contribution in [3.05, 3.63) is 20.8 Å². The van der Waals surface area contributed by atoms with Crippen LogP contribution in [-0.2, 0) is 0 Å². The zero-order chi connectivity index (χ0) is 11.1. The van der Waals surface area contributed by atoms with E-state index in [1.165, 1.54) is 30.6 Å². The Labute approximate surface area is 108 Å². The van der Waals surface area contributed by atoms with E-state index >= 15 is 0 Å². The molecule has 1 aromatic rings. The molecule has 1 aromatic heterocycles. The number of thiophene rings is 1. The van der Waals surface area contributed by atoms with Crippen LogP contribution in [0.3, 0.4) is 0 Å². The fourth-order valence-corrected chi connectivity index (χ4v) is 4.26. The molecule has 2 nitrogen and oxygen atoms in total. The van der Waals surface area contributed by atoms with Gasteiger partial charge in [-0.15, -0.1) is 11.3 Å². The first-order valence-electron chi connectivity index (χ1n) is 5.75. The highest BCUT2D eigenvalue weighted by Crippen LogP contribution is 2.37. The Morgan fingerprint density at radius 3 is 2.94 bits per heavy atom. The van der Waals surface area contributed by atoms with Gasteiger partial charge in [-0.05, 0) is 53.2 Å². The van der Waals surface area contributed by atoms with Gasteiger partial charge in [0.05, 0.1) is 15.2 Å². The molecule has 2 unspecified atom stereocenters. The number of piperidine rings is 1. The summed E-state index contributed by atoms with van der Waals surface area (Å²) in [7, 11) is 0. The molecule has 1 aliphatic heterocycles. The van der Waals surface area contributed by atoms with Crippen molar-refractivity contribution in [3.63, 3.8) is 0 Å². The number of ketones is 1. The smallest absolute Gasteiger partial charge is 0.186 e. The van der Waals surface area contributed by atoms with Gasteiger partial charge in [-0.1, -0.05) is 0 Å². The molecular formula is C12H14BrNOS. The molecule has 3 rings (SSSR count). The third-order valence-electron chi connectivity index (χ3n) is 3.72. The molecule has 2 aliphatic rings. The molecule has 2 heterocycles. The van der Waals surface area contributed by atoms with Gasteiger partial charge in [0.25, 0.3) is 0 Å². The first kappa shape index (κ1) is 10.9. The van der Waals surface area contributed by atoms with Crippen LogP contribution in [0.1, 0.15) is 28.9 Å². The van der Waals surface area contributed by atoms with Crippen LogP contribution in [-0.4, -0.2) is 29.8 Å². The molecule has 1 saturated heterocycles. The zero-order valence-electron chi connectivity index (χ0n) is 8.99. The van der Waals surface area contributed by atoms with Crippen molar-refractivity contribution in [2.75, 3.05) is 13.1 Å². The molecule has 4 heteroatoms. The molecule has 2 atom stereocenters. The summed E-state index contributed by atoms with van der Waals surface area (Å²) in [6.07, 6.45) is 3.99. The molecule has 2 fully saturated rings. The van der Waals surface area contributed by atoms with Gasteiger partial charge in [-0.25, -0.2) is 0 Å². The highest BCUT2D eigenvalue weighted by Gasteiger charge is 2.38. The van der Waals surface area contributed by atoms with Crippen molar-refractivity contribution >= 4 is 33.0 Å². The Kier molecular flexibility index (Phi) is 2.90. The number of Topliss-reactive ketones (excluding diaryl/α,β-unsaturated/α-hetero) is 1. The largest absolute Gasteiger partial charge is 0.293 e. The van der Waals surface area contributed by atoms with E-state index in [1.54, 1.807) is 0 Å². The maximum Gasteiger partial charge on any atom is 0.186 e. The highest BCUT2D eigenvalue weighted by molar-refractivity contribution is 9.11. The molecule has 0 aromatic carbocycles. The number of carbonyl (C=O) groups is 1. The van der Waals surface area contributed by atoms with E-state index in [0.29, 0.717) is 12.6 Å². The Morgan fingerprint density at radius 1 is 1.50 bits per heavy atom. The van der Waals surface area contributed by atoms with E-state index in [4.69, 9.17) is 0 Å². The second kappa shape index (κ2) is 4.24. The maximum absolute atomic E-state index is 12.0. The van der Waals surface area contributed by atoms with Gasteiger partial charge in [0.2, 0.25) is 0 Å². The Morgan fingerprint density at radius 2 is 2.38 bits per heavy atom. The number of hydrogen-bond acceptors (Lipinski definition) is 3. The van der Waals surface area contributed by atoms with Crippen LogP contribution in [0.4, 0.5) is 0 Å². The third kappa shape index (κ3) is 1.98. The lowest BCUT2D eigenvalue weighted by Gasteiger charge is -2.25. The minimum atomic E-state index is 0.281. The van der Waals surface area contributed by atoms with E-state index in [1.807, 2.05) is 12.1 Å².